The normalized spacial score (nSPS) is 12.2. The summed E-state index contributed by atoms with van der Waals surface area (Å²) in [5.74, 6) is 1.49. The first-order valence-electron chi connectivity index (χ1n) is 6.75. The molecular weight excluding hydrogens is 268 g/mol. The zero-order valence-electron chi connectivity index (χ0n) is 11.9. The molecule has 0 radical (unpaired) electrons. The molecule has 0 saturated carbocycles. The van der Waals surface area contributed by atoms with Crippen molar-refractivity contribution >= 4 is 11.8 Å². The molecule has 1 aromatic heterocycles. The molecule has 0 aliphatic heterocycles. The molecule has 0 bridgehead atoms. The Morgan fingerprint density at radius 3 is 2.80 bits per heavy atom. The van der Waals surface area contributed by atoms with Crippen LogP contribution in [0.1, 0.15) is 18.9 Å². The van der Waals surface area contributed by atoms with Gasteiger partial charge in [0.1, 0.15) is 5.75 Å². The summed E-state index contributed by atoms with van der Waals surface area (Å²) >= 11 is 1.66. The first kappa shape index (κ1) is 14.9. The van der Waals surface area contributed by atoms with Crippen molar-refractivity contribution in [1.82, 2.24) is 4.98 Å². The van der Waals surface area contributed by atoms with Gasteiger partial charge in [-0.1, -0.05) is 25.1 Å². The predicted octanol–water partition coefficient (Wildman–Crippen LogP) is 3.88. The van der Waals surface area contributed by atoms with Gasteiger partial charge in [-0.3, -0.25) is 0 Å². The van der Waals surface area contributed by atoms with Gasteiger partial charge in [0.05, 0.1) is 0 Å². The van der Waals surface area contributed by atoms with Gasteiger partial charge in [-0.25, -0.2) is 4.98 Å². The second kappa shape index (κ2) is 7.31. The van der Waals surface area contributed by atoms with E-state index in [4.69, 9.17) is 10.5 Å². The summed E-state index contributed by atoms with van der Waals surface area (Å²) in [6.07, 6.45) is 5.50. The van der Waals surface area contributed by atoms with Crippen molar-refractivity contribution in [3.63, 3.8) is 0 Å². The Labute approximate surface area is 124 Å². The number of nitrogens with zero attached hydrogens (tertiary/aromatic N) is 1. The number of pyridine rings is 1. The second-order valence-electron chi connectivity index (χ2n) is 4.59. The van der Waals surface area contributed by atoms with Crippen LogP contribution in [0.2, 0.25) is 0 Å². The van der Waals surface area contributed by atoms with E-state index in [-0.39, 0.29) is 6.04 Å². The van der Waals surface area contributed by atoms with Gasteiger partial charge in [-0.2, -0.15) is 0 Å². The van der Waals surface area contributed by atoms with Crippen LogP contribution in [0.15, 0.2) is 47.5 Å². The van der Waals surface area contributed by atoms with Crippen LogP contribution < -0.4 is 10.5 Å². The standard InChI is InChI=1S/C16H20N2OS/c1-3-13(17)11-12-7-6-10-18-16(12)19-14-8-4-5-9-15(14)20-2/h4-10,13H,3,11,17H2,1-2H3. The van der Waals surface area contributed by atoms with Crippen LogP contribution in [0.3, 0.4) is 0 Å². The van der Waals surface area contributed by atoms with E-state index in [1.807, 2.05) is 42.7 Å². The average Bonchev–Trinajstić information content (AvgIpc) is 2.49. The number of aromatic nitrogens is 1. The van der Waals surface area contributed by atoms with Crippen molar-refractivity contribution in [1.29, 1.82) is 0 Å². The molecule has 106 valence electrons. The Balaban J connectivity index is 2.24. The molecule has 2 rings (SSSR count). The molecule has 2 aromatic rings. The summed E-state index contributed by atoms with van der Waals surface area (Å²) in [6, 6.07) is 12.1. The van der Waals surface area contributed by atoms with Crippen molar-refractivity contribution in [2.45, 2.75) is 30.7 Å². The fourth-order valence-corrected chi connectivity index (χ4v) is 2.43. The van der Waals surface area contributed by atoms with Gasteiger partial charge in [0.2, 0.25) is 5.88 Å². The Kier molecular flexibility index (Phi) is 5.44. The monoisotopic (exact) mass is 288 g/mol. The van der Waals surface area contributed by atoms with E-state index in [9.17, 15) is 0 Å². The summed E-state index contributed by atoms with van der Waals surface area (Å²) < 4.78 is 5.99. The van der Waals surface area contributed by atoms with E-state index in [0.29, 0.717) is 5.88 Å². The molecule has 0 aliphatic carbocycles. The lowest BCUT2D eigenvalue weighted by Gasteiger charge is -2.14. The number of thioether (sulfide) groups is 1. The number of ether oxygens (including phenoxy) is 1. The summed E-state index contributed by atoms with van der Waals surface area (Å²) in [5, 5.41) is 0. The molecule has 0 amide bonds. The molecule has 0 saturated heterocycles. The van der Waals surface area contributed by atoms with Crippen molar-refractivity contribution in [3.8, 4) is 11.6 Å². The van der Waals surface area contributed by atoms with Crippen LogP contribution in [0, 0.1) is 0 Å². The van der Waals surface area contributed by atoms with Crippen LogP contribution in [-0.2, 0) is 6.42 Å². The number of hydrogen-bond acceptors (Lipinski definition) is 4. The summed E-state index contributed by atoms with van der Waals surface area (Å²) in [7, 11) is 0. The molecule has 3 nitrogen and oxygen atoms in total. The SMILES string of the molecule is CCC(N)Cc1cccnc1Oc1ccccc1SC. The predicted molar refractivity (Wildman–Crippen MR) is 84.5 cm³/mol. The van der Waals surface area contributed by atoms with Crippen LogP contribution in [0.4, 0.5) is 0 Å². The maximum Gasteiger partial charge on any atom is 0.222 e. The molecule has 20 heavy (non-hydrogen) atoms. The lowest BCUT2D eigenvalue weighted by atomic mass is 10.1. The van der Waals surface area contributed by atoms with Crippen molar-refractivity contribution < 1.29 is 4.74 Å². The fraction of sp³-hybridized carbons (Fsp3) is 0.312. The lowest BCUT2D eigenvalue weighted by molar-refractivity contribution is 0.442. The van der Waals surface area contributed by atoms with E-state index in [1.165, 1.54) is 0 Å². The van der Waals surface area contributed by atoms with Crippen LogP contribution in [0.5, 0.6) is 11.6 Å². The number of benzene rings is 1. The van der Waals surface area contributed by atoms with Crippen LogP contribution in [0.25, 0.3) is 0 Å². The molecule has 2 N–H and O–H groups in total. The number of nitrogens with two attached hydrogens (primary N) is 1. The van der Waals surface area contributed by atoms with Crippen molar-refractivity contribution in [3.05, 3.63) is 48.2 Å². The van der Waals surface area contributed by atoms with Gasteiger partial charge < -0.3 is 10.5 Å². The van der Waals surface area contributed by atoms with E-state index >= 15 is 0 Å². The molecule has 1 atom stereocenters. The van der Waals surface area contributed by atoms with E-state index in [2.05, 4.69) is 11.9 Å². The Hall–Kier alpha value is -1.52. The van der Waals surface area contributed by atoms with Gasteiger partial charge in [0.25, 0.3) is 0 Å². The number of para-hydroxylation sites is 1. The van der Waals surface area contributed by atoms with Gasteiger partial charge >= 0.3 is 0 Å². The van der Waals surface area contributed by atoms with Crippen molar-refractivity contribution in [2.75, 3.05) is 6.26 Å². The first-order valence-corrected chi connectivity index (χ1v) is 7.97. The minimum Gasteiger partial charge on any atom is -0.438 e. The first-order chi connectivity index (χ1) is 9.74. The molecule has 0 aliphatic rings. The minimum absolute atomic E-state index is 0.136. The highest BCUT2D eigenvalue weighted by atomic mass is 32.2. The van der Waals surface area contributed by atoms with Crippen molar-refractivity contribution in [2.24, 2.45) is 5.73 Å². The zero-order chi connectivity index (χ0) is 14.4. The lowest BCUT2D eigenvalue weighted by Crippen LogP contribution is -2.21. The van der Waals surface area contributed by atoms with Gasteiger partial charge in [-0.05, 0) is 37.3 Å². The number of rotatable bonds is 6. The summed E-state index contributed by atoms with van der Waals surface area (Å²) in [6.45, 7) is 2.09. The summed E-state index contributed by atoms with van der Waals surface area (Å²) in [5.41, 5.74) is 7.09. The molecular formula is C16H20N2OS. The third-order valence-electron chi connectivity index (χ3n) is 3.13. The van der Waals surface area contributed by atoms with E-state index in [0.717, 1.165) is 29.1 Å². The van der Waals surface area contributed by atoms with E-state index in [1.54, 1.807) is 18.0 Å². The number of hydrogen-bond donors (Lipinski definition) is 1. The van der Waals surface area contributed by atoms with Crippen LogP contribution >= 0.6 is 11.8 Å². The van der Waals surface area contributed by atoms with Crippen LogP contribution in [-0.4, -0.2) is 17.3 Å². The summed E-state index contributed by atoms with van der Waals surface area (Å²) in [4.78, 5) is 5.45. The Morgan fingerprint density at radius 2 is 2.05 bits per heavy atom. The maximum absolute atomic E-state index is 6.04. The second-order valence-corrected chi connectivity index (χ2v) is 5.44. The maximum atomic E-state index is 6.04. The molecule has 4 heteroatoms. The minimum atomic E-state index is 0.136. The highest BCUT2D eigenvalue weighted by Crippen LogP contribution is 2.31. The average molecular weight is 288 g/mol. The third kappa shape index (κ3) is 3.74. The van der Waals surface area contributed by atoms with E-state index < -0.39 is 0 Å². The fourth-order valence-electron chi connectivity index (χ4n) is 1.91. The topological polar surface area (TPSA) is 48.1 Å². The quantitative estimate of drug-likeness (QED) is 0.820. The zero-order valence-corrected chi connectivity index (χ0v) is 12.7. The Bertz CT molecular complexity index is 560. The smallest absolute Gasteiger partial charge is 0.222 e. The largest absolute Gasteiger partial charge is 0.438 e. The highest BCUT2D eigenvalue weighted by Gasteiger charge is 2.11. The van der Waals surface area contributed by atoms with Gasteiger partial charge in [-0.15, -0.1) is 11.8 Å². The molecule has 1 heterocycles. The Morgan fingerprint density at radius 1 is 1.25 bits per heavy atom. The molecule has 0 spiro atoms. The highest BCUT2D eigenvalue weighted by molar-refractivity contribution is 7.98. The third-order valence-corrected chi connectivity index (χ3v) is 3.91. The molecule has 0 fully saturated rings. The molecule has 1 unspecified atom stereocenters. The van der Waals surface area contributed by atoms with Gasteiger partial charge in [0.15, 0.2) is 0 Å². The molecule has 1 aromatic carbocycles. The van der Waals surface area contributed by atoms with Gasteiger partial charge in [0, 0.05) is 22.7 Å².